The van der Waals surface area contributed by atoms with E-state index in [9.17, 15) is 5.26 Å². The van der Waals surface area contributed by atoms with E-state index in [4.69, 9.17) is 4.74 Å². The Morgan fingerprint density at radius 3 is 2.90 bits per heavy atom. The summed E-state index contributed by atoms with van der Waals surface area (Å²) in [6.45, 7) is 2.41. The molecule has 1 heterocycles. The first-order valence-corrected chi connectivity index (χ1v) is 7.80. The molecule has 1 aliphatic carbocycles. The van der Waals surface area contributed by atoms with Crippen molar-refractivity contribution in [1.29, 1.82) is 5.26 Å². The predicted molar refractivity (Wildman–Crippen MR) is 81.7 cm³/mol. The zero-order valence-electron chi connectivity index (χ0n) is 12.6. The molecule has 1 aromatic rings. The summed E-state index contributed by atoms with van der Waals surface area (Å²) < 4.78 is 5.87. The molecule has 0 amide bonds. The molecular weight excluding hydrogens is 262 g/mol. The molecule has 4 nitrogen and oxygen atoms in total. The molecular formula is C17H23N3O. The molecule has 3 rings (SSSR count). The highest BCUT2D eigenvalue weighted by atomic mass is 16.5. The zero-order valence-corrected chi connectivity index (χ0v) is 12.6. The summed E-state index contributed by atoms with van der Waals surface area (Å²) in [5.41, 5.74) is 0.391. The van der Waals surface area contributed by atoms with Crippen LogP contribution in [0.2, 0.25) is 0 Å². The van der Waals surface area contributed by atoms with Crippen LogP contribution in [0.3, 0.4) is 0 Å². The number of rotatable bonds is 4. The van der Waals surface area contributed by atoms with Crippen LogP contribution in [-0.2, 0) is 10.3 Å². The summed E-state index contributed by atoms with van der Waals surface area (Å²) in [6, 6.07) is 13.0. The predicted octanol–water partition coefficient (Wildman–Crippen LogP) is 1.88. The van der Waals surface area contributed by atoms with E-state index >= 15 is 0 Å². The van der Waals surface area contributed by atoms with Crippen LogP contribution in [0.5, 0.6) is 0 Å². The molecule has 2 fully saturated rings. The number of ether oxygens (including phenoxy) is 1. The van der Waals surface area contributed by atoms with Crippen molar-refractivity contribution in [2.45, 2.75) is 36.9 Å². The van der Waals surface area contributed by atoms with Crippen LogP contribution in [-0.4, -0.2) is 43.8 Å². The van der Waals surface area contributed by atoms with Crippen molar-refractivity contribution in [2.24, 2.45) is 0 Å². The quantitative estimate of drug-likeness (QED) is 0.917. The van der Waals surface area contributed by atoms with Gasteiger partial charge in [0.1, 0.15) is 5.54 Å². The van der Waals surface area contributed by atoms with Crippen LogP contribution < -0.4 is 5.32 Å². The number of likely N-dealkylation sites (N-methyl/N-ethyl adjacent to an activating group) is 1. The third-order valence-corrected chi connectivity index (χ3v) is 4.92. The zero-order chi connectivity index (χ0) is 14.7. The number of nitrogens with zero attached hydrogens (tertiary/aromatic N) is 2. The molecule has 0 spiro atoms. The molecule has 3 atom stereocenters. The van der Waals surface area contributed by atoms with Gasteiger partial charge >= 0.3 is 0 Å². The molecule has 0 radical (unpaired) electrons. The molecule has 4 heteroatoms. The number of benzene rings is 1. The van der Waals surface area contributed by atoms with Crippen molar-refractivity contribution in [3.05, 3.63) is 35.9 Å². The monoisotopic (exact) mass is 285 g/mol. The molecule has 1 saturated carbocycles. The largest absolute Gasteiger partial charge is 0.375 e. The summed E-state index contributed by atoms with van der Waals surface area (Å²) in [5, 5.41) is 13.1. The fourth-order valence-electron chi connectivity index (χ4n) is 3.70. The topological polar surface area (TPSA) is 48.3 Å². The summed E-state index contributed by atoms with van der Waals surface area (Å²) in [4.78, 5) is 2.45. The number of nitrogens with one attached hydrogen (secondary N) is 1. The van der Waals surface area contributed by atoms with Crippen molar-refractivity contribution in [3.63, 3.8) is 0 Å². The van der Waals surface area contributed by atoms with Gasteiger partial charge in [0, 0.05) is 19.1 Å². The smallest absolute Gasteiger partial charge is 0.144 e. The minimum Gasteiger partial charge on any atom is -0.375 e. The highest BCUT2D eigenvalue weighted by Gasteiger charge is 2.41. The van der Waals surface area contributed by atoms with E-state index in [-0.39, 0.29) is 0 Å². The van der Waals surface area contributed by atoms with E-state index in [2.05, 4.69) is 16.3 Å². The maximum atomic E-state index is 9.83. The third kappa shape index (κ3) is 2.69. The Morgan fingerprint density at radius 2 is 2.19 bits per heavy atom. The van der Waals surface area contributed by atoms with Crippen molar-refractivity contribution in [1.82, 2.24) is 10.2 Å². The lowest BCUT2D eigenvalue weighted by Crippen LogP contribution is -2.56. The van der Waals surface area contributed by atoms with Gasteiger partial charge in [-0.1, -0.05) is 30.3 Å². The van der Waals surface area contributed by atoms with E-state index in [0.717, 1.165) is 25.1 Å². The number of morpholine rings is 1. The fourth-order valence-corrected chi connectivity index (χ4v) is 3.70. The van der Waals surface area contributed by atoms with Gasteiger partial charge in [-0.25, -0.2) is 0 Å². The van der Waals surface area contributed by atoms with E-state index in [0.29, 0.717) is 18.7 Å². The summed E-state index contributed by atoms with van der Waals surface area (Å²) in [5.74, 6) is 0. The molecule has 2 aliphatic rings. The van der Waals surface area contributed by atoms with E-state index < -0.39 is 5.54 Å². The number of hydrogen-bond acceptors (Lipinski definition) is 4. The van der Waals surface area contributed by atoms with Crippen molar-refractivity contribution in [3.8, 4) is 6.07 Å². The van der Waals surface area contributed by atoms with Gasteiger partial charge in [0.25, 0.3) is 0 Å². The van der Waals surface area contributed by atoms with Gasteiger partial charge in [0.05, 0.1) is 18.8 Å². The third-order valence-electron chi connectivity index (χ3n) is 4.92. The molecule has 3 unspecified atom stereocenters. The Balaban J connectivity index is 1.84. The Kier molecular flexibility index (Phi) is 4.25. The molecule has 1 aliphatic heterocycles. The molecule has 1 aromatic carbocycles. The Morgan fingerprint density at radius 1 is 1.38 bits per heavy atom. The second-order valence-corrected chi connectivity index (χ2v) is 6.01. The maximum Gasteiger partial charge on any atom is 0.144 e. The normalized spacial score (nSPS) is 28.6. The molecule has 0 aromatic heterocycles. The first-order valence-electron chi connectivity index (χ1n) is 7.80. The van der Waals surface area contributed by atoms with Crippen LogP contribution in [0, 0.1) is 11.3 Å². The molecule has 112 valence electrons. The van der Waals surface area contributed by atoms with Crippen LogP contribution in [0.25, 0.3) is 0 Å². The van der Waals surface area contributed by atoms with Crippen LogP contribution >= 0.6 is 0 Å². The lowest BCUT2D eigenvalue weighted by Gasteiger charge is -2.42. The van der Waals surface area contributed by atoms with Crippen molar-refractivity contribution >= 4 is 0 Å². The average Bonchev–Trinajstić information content (AvgIpc) is 3.03. The van der Waals surface area contributed by atoms with Crippen LogP contribution in [0.1, 0.15) is 24.8 Å². The first kappa shape index (κ1) is 14.5. The maximum absolute atomic E-state index is 9.83. The fraction of sp³-hybridized carbons (Fsp3) is 0.588. The van der Waals surface area contributed by atoms with Crippen LogP contribution in [0.15, 0.2) is 30.3 Å². The lowest BCUT2D eigenvalue weighted by atomic mass is 9.90. The van der Waals surface area contributed by atoms with Crippen molar-refractivity contribution < 1.29 is 4.74 Å². The SMILES string of the molecule is CNC(C#N)(CN1CCOC2CCCC21)c1ccccc1. The van der Waals surface area contributed by atoms with E-state index in [1.807, 2.05) is 37.4 Å². The van der Waals surface area contributed by atoms with Gasteiger partial charge in [-0.15, -0.1) is 0 Å². The Hall–Kier alpha value is -1.41. The van der Waals surface area contributed by atoms with Gasteiger partial charge < -0.3 is 4.74 Å². The number of nitriles is 1. The second kappa shape index (κ2) is 6.15. The standard InChI is InChI=1S/C17H23N3O/c1-19-17(12-18,14-6-3-2-4-7-14)13-20-10-11-21-16-9-5-8-15(16)20/h2-4,6-7,15-16,19H,5,8-11,13H2,1H3. The van der Waals surface area contributed by atoms with Gasteiger partial charge in [-0.2, -0.15) is 5.26 Å². The number of fused-ring (bicyclic) bond motifs is 1. The highest BCUT2D eigenvalue weighted by Crippen LogP contribution is 2.32. The Bertz CT molecular complexity index is 513. The van der Waals surface area contributed by atoms with Gasteiger partial charge in [0.15, 0.2) is 0 Å². The lowest BCUT2D eigenvalue weighted by molar-refractivity contribution is -0.0612. The van der Waals surface area contributed by atoms with Crippen molar-refractivity contribution in [2.75, 3.05) is 26.7 Å². The number of hydrogen-bond donors (Lipinski definition) is 1. The van der Waals surface area contributed by atoms with E-state index in [1.54, 1.807) is 0 Å². The highest BCUT2D eigenvalue weighted by molar-refractivity contribution is 5.32. The van der Waals surface area contributed by atoms with Crippen LogP contribution in [0.4, 0.5) is 0 Å². The minimum atomic E-state index is -0.647. The Labute approximate surface area is 126 Å². The summed E-state index contributed by atoms with van der Waals surface area (Å²) in [6.07, 6.45) is 3.94. The van der Waals surface area contributed by atoms with Gasteiger partial charge in [-0.3, -0.25) is 10.2 Å². The molecule has 1 saturated heterocycles. The molecule has 0 bridgehead atoms. The van der Waals surface area contributed by atoms with Gasteiger partial charge in [-0.05, 0) is 31.9 Å². The van der Waals surface area contributed by atoms with Gasteiger partial charge in [0.2, 0.25) is 0 Å². The first-order chi connectivity index (χ1) is 10.3. The second-order valence-electron chi connectivity index (χ2n) is 6.01. The molecule has 1 N–H and O–H groups in total. The molecule has 21 heavy (non-hydrogen) atoms. The minimum absolute atomic E-state index is 0.364. The summed E-state index contributed by atoms with van der Waals surface area (Å²) in [7, 11) is 1.88. The average molecular weight is 285 g/mol. The van der Waals surface area contributed by atoms with E-state index in [1.165, 1.54) is 12.8 Å². The summed E-state index contributed by atoms with van der Waals surface area (Å²) >= 11 is 0.